The van der Waals surface area contributed by atoms with Crippen LogP contribution in [0, 0.1) is 10.1 Å². The minimum atomic E-state index is -4.26. The fourth-order valence-electron chi connectivity index (χ4n) is 2.13. The fourth-order valence-corrected chi connectivity index (χ4v) is 3.43. The third-order valence-electron chi connectivity index (χ3n) is 3.72. The van der Waals surface area contributed by atoms with E-state index in [9.17, 15) is 28.1 Å². The maximum Gasteiger partial charge on any atom is 0.410 e. The standard InChI is InChI=1S/C17H25N3O8S/c1-17(2,3)28-16(22)18(4)9-10-19(5)29(25,26)14-8-7-12(15(21)27-6)11-13(14)20(23)24/h7-8,11H,9-10H2,1-6H3. The molecule has 0 heterocycles. The number of benzene rings is 1. The summed E-state index contributed by atoms with van der Waals surface area (Å²) in [5.74, 6) is -0.829. The summed E-state index contributed by atoms with van der Waals surface area (Å²) in [5, 5.41) is 11.3. The molecule has 1 aromatic carbocycles. The van der Waals surface area contributed by atoms with Crippen LogP contribution in [0.3, 0.4) is 0 Å². The first-order valence-electron chi connectivity index (χ1n) is 8.48. The van der Waals surface area contributed by atoms with Crippen molar-refractivity contribution in [2.24, 2.45) is 0 Å². The molecule has 0 aliphatic rings. The Bertz CT molecular complexity index is 892. The first-order valence-corrected chi connectivity index (χ1v) is 9.92. The van der Waals surface area contributed by atoms with Crippen LogP contribution < -0.4 is 0 Å². The van der Waals surface area contributed by atoms with Gasteiger partial charge in [0, 0.05) is 33.3 Å². The molecule has 0 aliphatic heterocycles. The molecule has 0 saturated carbocycles. The molecular weight excluding hydrogens is 406 g/mol. The maximum atomic E-state index is 12.8. The van der Waals surface area contributed by atoms with Crippen LogP contribution in [-0.4, -0.2) is 74.5 Å². The van der Waals surface area contributed by atoms with E-state index in [-0.39, 0.29) is 18.7 Å². The van der Waals surface area contributed by atoms with Gasteiger partial charge in [-0.15, -0.1) is 0 Å². The van der Waals surface area contributed by atoms with Crippen molar-refractivity contribution in [3.63, 3.8) is 0 Å². The molecule has 12 heteroatoms. The highest BCUT2D eigenvalue weighted by atomic mass is 32.2. The quantitative estimate of drug-likeness (QED) is 0.362. The van der Waals surface area contributed by atoms with Crippen molar-refractivity contribution >= 4 is 27.8 Å². The van der Waals surface area contributed by atoms with Crippen molar-refractivity contribution in [2.75, 3.05) is 34.3 Å². The number of nitro groups is 1. The zero-order chi connectivity index (χ0) is 22.6. The smallest absolute Gasteiger partial charge is 0.410 e. The molecule has 0 unspecified atom stereocenters. The van der Waals surface area contributed by atoms with Crippen LogP contribution in [0.1, 0.15) is 31.1 Å². The topological polar surface area (TPSA) is 136 Å². The van der Waals surface area contributed by atoms with Crippen molar-refractivity contribution in [3.05, 3.63) is 33.9 Å². The number of sulfonamides is 1. The Morgan fingerprint density at radius 2 is 1.76 bits per heavy atom. The van der Waals surface area contributed by atoms with Crippen LogP contribution in [0.25, 0.3) is 0 Å². The van der Waals surface area contributed by atoms with Crippen molar-refractivity contribution in [1.29, 1.82) is 0 Å². The second-order valence-corrected chi connectivity index (χ2v) is 9.17. The van der Waals surface area contributed by atoms with Crippen LogP contribution in [0.2, 0.25) is 0 Å². The fraction of sp³-hybridized carbons (Fsp3) is 0.529. The monoisotopic (exact) mass is 431 g/mol. The molecule has 11 nitrogen and oxygen atoms in total. The lowest BCUT2D eigenvalue weighted by Gasteiger charge is -2.26. The van der Waals surface area contributed by atoms with Gasteiger partial charge in [0.15, 0.2) is 4.90 Å². The Morgan fingerprint density at radius 1 is 1.17 bits per heavy atom. The molecule has 0 aliphatic carbocycles. The molecule has 29 heavy (non-hydrogen) atoms. The van der Waals surface area contributed by atoms with Gasteiger partial charge in [-0.05, 0) is 32.9 Å². The van der Waals surface area contributed by atoms with E-state index in [0.717, 1.165) is 29.6 Å². The highest BCUT2D eigenvalue weighted by molar-refractivity contribution is 7.89. The van der Waals surface area contributed by atoms with Gasteiger partial charge in [-0.3, -0.25) is 10.1 Å². The van der Waals surface area contributed by atoms with E-state index in [0.29, 0.717) is 0 Å². The van der Waals surface area contributed by atoms with Gasteiger partial charge in [0.2, 0.25) is 10.0 Å². The van der Waals surface area contributed by atoms with Crippen LogP contribution in [0.5, 0.6) is 0 Å². The van der Waals surface area contributed by atoms with Gasteiger partial charge < -0.3 is 14.4 Å². The largest absolute Gasteiger partial charge is 0.465 e. The highest BCUT2D eigenvalue weighted by Crippen LogP contribution is 2.27. The molecule has 0 bridgehead atoms. The molecule has 162 valence electrons. The number of rotatable bonds is 7. The van der Waals surface area contributed by atoms with Crippen molar-refractivity contribution in [1.82, 2.24) is 9.21 Å². The summed E-state index contributed by atoms with van der Waals surface area (Å²) in [7, 11) is -0.476. The number of esters is 1. The summed E-state index contributed by atoms with van der Waals surface area (Å²) < 4.78 is 36.1. The Balaban J connectivity index is 3.05. The van der Waals surface area contributed by atoms with Gasteiger partial charge >= 0.3 is 12.1 Å². The van der Waals surface area contributed by atoms with Crippen LogP contribution >= 0.6 is 0 Å². The predicted octanol–water partition coefficient (Wildman–Crippen LogP) is 1.87. The van der Waals surface area contributed by atoms with Gasteiger partial charge in [0.25, 0.3) is 5.69 Å². The van der Waals surface area contributed by atoms with E-state index in [2.05, 4.69) is 4.74 Å². The van der Waals surface area contributed by atoms with Gasteiger partial charge in [0.05, 0.1) is 17.6 Å². The number of amides is 1. The molecular formula is C17H25N3O8S. The summed E-state index contributed by atoms with van der Waals surface area (Å²) in [6.45, 7) is 4.97. The minimum absolute atomic E-state index is 0.00130. The number of methoxy groups -OCH3 is 1. The lowest BCUT2D eigenvalue weighted by atomic mass is 10.2. The van der Waals surface area contributed by atoms with Crippen molar-refractivity contribution in [2.45, 2.75) is 31.3 Å². The number of hydrogen-bond donors (Lipinski definition) is 0. The van der Waals surface area contributed by atoms with E-state index in [1.807, 2.05) is 0 Å². The highest BCUT2D eigenvalue weighted by Gasteiger charge is 2.31. The van der Waals surface area contributed by atoms with Crippen LogP contribution in [0.15, 0.2) is 23.1 Å². The number of likely N-dealkylation sites (N-methyl/N-ethyl adjacent to an activating group) is 2. The summed E-state index contributed by atoms with van der Waals surface area (Å²) in [6.07, 6.45) is -0.628. The zero-order valence-electron chi connectivity index (χ0n) is 17.2. The van der Waals surface area contributed by atoms with Crippen molar-refractivity contribution in [3.8, 4) is 0 Å². The third kappa shape index (κ3) is 6.39. The molecule has 1 aromatic rings. The number of nitro benzene ring substituents is 1. The van der Waals surface area contributed by atoms with Gasteiger partial charge in [-0.25, -0.2) is 18.0 Å². The number of hydrogen-bond acceptors (Lipinski definition) is 8. The predicted molar refractivity (Wildman–Crippen MR) is 103 cm³/mol. The average molecular weight is 431 g/mol. The van der Waals surface area contributed by atoms with Gasteiger partial charge in [-0.1, -0.05) is 0 Å². The summed E-state index contributed by atoms with van der Waals surface area (Å²) in [5.41, 5.74) is -1.60. The Hall–Kier alpha value is -2.73. The first kappa shape index (κ1) is 24.3. The summed E-state index contributed by atoms with van der Waals surface area (Å²) >= 11 is 0. The second kappa shape index (κ2) is 9.18. The minimum Gasteiger partial charge on any atom is -0.465 e. The Morgan fingerprint density at radius 3 is 2.24 bits per heavy atom. The number of ether oxygens (including phenoxy) is 2. The molecule has 1 rings (SSSR count). The molecule has 0 spiro atoms. The number of carbonyl (C=O) groups excluding carboxylic acids is 2. The number of nitrogens with zero attached hydrogens (tertiary/aromatic N) is 3. The lowest BCUT2D eigenvalue weighted by molar-refractivity contribution is -0.387. The molecule has 0 aromatic heterocycles. The number of carbonyl (C=O) groups is 2. The van der Waals surface area contributed by atoms with E-state index >= 15 is 0 Å². The average Bonchev–Trinajstić information content (AvgIpc) is 2.62. The first-order chi connectivity index (χ1) is 13.2. The van der Waals surface area contributed by atoms with E-state index in [1.54, 1.807) is 20.8 Å². The SMILES string of the molecule is COC(=O)c1ccc(S(=O)(=O)N(C)CCN(C)C(=O)OC(C)(C)C)c([N+](=O)[O-])c1. The summed E-state index contributed by atoms with van der Waals surface area (Å²) in [4.78, 5) is 34.6. The molecule has 0 N–H and O–H groups in total. The third-order valence-corrected chi connectivity index (χ3v) is 5.62. The summed E-state index contributed by atoms with van der Waals surface area (Å²) in [6, 6.07) is 2.96. The van der Waals surface area contributed by atoms with E-state index < -0.39 is 43.2 Å². The van der Waals surface area contributed by atoms with Crippen LogP contribution in [-0.2, 0) is 19.5 Å². The molecule has 0 saturated heterocycles. The maximum absolute atomic E-state index is 12.8. The van der Waals surface area contributed by atoms with Crippen LogP contribution in [0.4, 0.5) is 10.5 Å². The molecule has 0 atom stereocenters. The molecule has 0 fully saturated rings. The van der Waals surface area contributed by atoms with Gasteiger partial charge in [0.1, 0.15) is 5.60 Å². The Kier molecular flexibility index (Phi) is 7.69. The molecule has 1 amide bonds. The zero-order valence-corrected chi connectivity index (χ0v) is 18.0. The van der Waals surface area contributed by atoms with E-state index in [4.69, 9.17) is 4.74 Å². The van der Waals surface area contributed by atoms with E-state index in [1.165, 1.54) is 19.0 Å². The van der Waals surface area contributed by atoms with Gasteiger partial charge in [-0.2, -0.15) is 4.31 Å². The second-order valence-electron chi connectivity index (χ2n) is 7.16. The lowest BCUT2D eigenvalue weighted by Crippen LogP contribution is -2.40. The Labute approximate surface area is 169 Å². The normalized spacial score (nSPS) is 11.8. The molecule has 0 radical (unpaired) electrons. The van der Waals surface area contributed by atoms with Crippen molar-refractivity contribution < 1.29 is 32.4 Å².